The Morgan fingerprint density at radius 2 is 1.96 bits per heavy atom. The van der Waals surface area contributed by atoms with Gasteiger partial charge in [-0.05, 0) is 78.1 Å². The third kappa shape index (κ3) is 7.05. The Morgan fingerprint density at radius 3 is 2.67 bits per heavy atom. The highest BCUT2D eigenvalue weighted by molar-refractivity contribution is 6.07. The molecule has 9 nitrogen and oxygen atoms in total. The van der Waals surface area contributed by atoms with Crippen LogP contribution in [0.1, 0.15) is 77.0 Å². The first-order valence-electron chi connectivity index (χ1n) is 15.8. The van der Waals surface area contributed by atoms with Crippen molar-refractivity contribution in [2.45, 2.75) is 84.0 Å². The number of methoxy groups -OCH3 is 1. The minimum Gasteiger partial charge on any atom is -0.497 e. The third-order valence-electron chi connectivity index (χ3n) is 8.36. The van der Waals surface area contributed by atoms with E-state index in [1.807, 2.05) is 54.6 Å². The lowest BCUT2D eigenvalue weighted by Crippen LogP contribution is -2.31. The van der Waals surface area contributed by atoms with Gasteiger partial charge in [0.2, 0.25) is 0 Å². The Balaban J connectivity index is 1.58. The third-order valence-corrected chi connectivity index (χ3v) is 8.36. The summed E-state index contributed by atoms with van der Waals surface area (Å²) in [6.07, 6.45) is 5.01. The SMILES string of the molecule is CCCCn1c(=O)c(NC(=O)Nc2cc(C(O)C3CCCCO3)ccc2C(C)(C)C)c(-c2cccc(OC)c2)c2cccnc21. The average molecular weight is 613 g/mol. The first-order chi connectivity index (χ1) is 21.6. The number of carbonyl (C=O) groups is 1. The number of nitrogens with one attached hydrogen (secondary N) is 2. The van der Waals surface area contributed by atoms with Gasteiger partial charge >= 0.3 is 6.03 Å². The maximum Gasteiger partial charge on any atom is 0.323 e. The van der Waals surface area contributed by atoms with Crippen molar-refractivity contribution >= 4 is 28.4 Å². The van der Waals surface area contributed by atoms with Crippen molar-refractivity contribution in [2.75, 3.05) is 24.4 Å². The number of aromatic nitrogens is 2. The first-order valence-corrected chi connectivity index (χ1v) is 15.8. The van der Waals surface area contributed by atoms with Crippen LogP contribution >= 0.6 is 0 Å². The molecule has 0 aliphatic carbocycles. The number of rotatable bonds is 9. The molecule has 5 rings (SSSR count). The van der Waals surface area contributed by atoms with Gasteiger partial charge in [-0.1, -0.05) is 58.4 Å². The molecule has 0 spiro atoms. The second-order valence-electron chi connectivity index (χ2n) is 12.7. The van der Waals surface area contributed by atoms with Crippen molar-refractivity contribution in [3.8, 4) is 16.9 Å². The average Bonchev–Trinajstić information content (AvgIpc) is 3.04. The molecule has 0 bridgehead atoms. The van der Waals surface area contributed by atoms with E-state index >= 15 is 0 Å². The predicted molar refractivity (Wildman–Crippen MR) is 179 cm³/mol. The molecule has 3 N–H and O–H groups in total. The van der Waals surface area contributed by atoms with Crippen LogP contribution in [-0.2, 0) is 16.7 Å². The number of fused-ring (bicyclic) bond motifs is 1. The standard InChI is InChI=1S/C36H44N4O5/c1-6-7-19-40-33-26(14-11-18-37-33)30(23-12-10-13-25(21-23)44-5)31(34(40)42)39-35(43)38-28-22-24(16-17-27(28)36(2,3)4)32(41)29-15-8-9-20-45-29/h10-14,16-18,21-22,29,32,41H,6-9,15,19-20H2,1-5H3,(H2,38,39,43). The van der Waals surface area contributed by atoms with Crippen LogP contribution in [0.3, 0.4) is 0 Å². The van der Waals surface area contributed by atoms with E-state index in [1.165, 1.54) is 0 Å². The van der Waals surface area contributed by atoms with Crippen LogP contribution in [0.2, 0.25) is 0 Å². The van der Waals surface area contributed by atoms with E-state index in [4.69, 9.17) is 9.47 Å². The Kier molecular flexibility index (Phi) is 9.90. The van der Waals surface area contributed by atoms with Crippen LogP contribution in [0.25, 0.3) is 22.2 Å². The van der Waals surface area contributed by atoms with Gasteiger partial charge in [-0.15, -0.1) is 0 Å². The zero-order valence-corrected chi connectivity index (χ0v) is 26.9. The maximum atomic E-state index is 14.2. The zero-order chi connectivity index (χ0) is 32.1. The van der Waals surface area contributed by atoms with E-state index in [-0.39, 0.29) is 22.8 Å². The minimum atomic E-state index is -0.818. The van der Waals surface area contributed by atoms with Crippen molar-refractivity contribution in [2.24, 2.45) is 0 Å². The van der Waals surface area contributed by atoms with Crippen molar-refractivity contribution in [1.29, 1.82) is 0 Å². The fraction of sp³-hybridized carbons (Fsp3) is 0.417. The fourth-order valence-electron chi connectivity index (χ4n) is 6.00. The Morgan fingerprint density at radius 1 is 1.13 bits per heavy atom. The van der Waals surface area contributed by atoms with Gasteiger partial charge in [0.25, 0.3) is 5.56 Å². The summed E-state index contributed by atoms with van der Waals surface area (Å²) in [5, 5.41) is 17.8. The van der Waals surface area contributed by atoms with Crippen molar-refractivity contribution < 1.29 is 19.4 Å². The summed E-state index contributed by atoms with van der Waals surface area (Å²) >= 11 is 0. The molecule has 3 heterocycles. The summed E-state index contributed by atoms with van der Waals surface area (Å²) in [4.78, 5) is 32.6. The molecule has 1 aliphatic heterocycles. The van der Waals surface area contributed by atoms with Crippen LogP contribution in [-0.4, -0.2) is 40.5 Å². The number of anilines is 2. The lowest BCUT2D eigenvalue weighted by atomic mass is 9.84. The molecule has 0 saturated carbocycles. The monoisotopic (exact) mass is 612 g/mol. The minimum absolute atomic E-state index is 0.154. The lowest BCUT2D eigenvalue weighted by Gasteiger charge is -2.29. The molecule has 238 valence electrons. The summed E-state index contributed by atoms with van der Waals surface area (Å²) in [6.45, 7) is 9.35. The predicted octanol–water partition coefficient (Wildman–Crippen LogP) is 7.42. The number of hydrogen-bond acceptors (Lipinski definition) is 6. The van der Waals surface area contributed by atoms with E-state index in [1.54, 1.807) is 17.9 Å². The fourth-order valence-corrected chi connectivity index (χ4v) is 6.00. The smallest absolute Gasteiger partial charge is 0.323 e. The van der Waals surface area contributed by atoms with Crippen LogP contribution in [0.4, 0.5) is 16.2 Å². The van der Waals surface area contributed by atoms with E-state index in [0.717, 1.165) is 48.6 Å². The number of amides is 2. The van der Waals surface area contributed by atoms with Gasteiger partial charge in [0.1, 0.15) is 23.2 Å². The first kappa shape index (κ1) is 32.2. The normalized spacial score (nSPS) is 15.9. The molecule has 0 radical (unpaired) electrons. The molecule has 2 aromatic carbocycles. The van der Waals surface area contributed by atoms with Gasteiger partial charge in [0.15, 0.2) is 0 Å². The molecule has 2 amide bonds. The molecule has 2 aromatic heterocycles. The number of unbranched alkanes of at least 4 members (excludes halogenated alkanes) is 1. The van der Waals surface area contributed by atoms with E-state index < -0.39 is 12.1 Å². The number of urea groups is 1. The molecule has 1 fully saturated rings. The van der Waals surface area contributed by atoms with Crippen molar-refractivity contribution in [3.63, 3.8) is 0 Å². The Hall–Kier alpha value is -4.21. The van der Waals surface area contributed by atoms with E-state index in [9.17, 15) is 14.7 Å². The van der Waals surface area contributed by atoms with Crippen LogP contribution < -0.4 is 20.9 Å². The number of aliphatic hydroxyl groups excluding tert-OH is 1. The molecule has 2 unspecified atom stereocenters. The maximum absolute atomic E-state index is 14.2. The van der Waals surface area contributed by atoms with Gasteiger partial charge in [-0.3, -0.25) is 9.36 Å². The number of aliphatic hydroxyl groups is 1. The summed E-state index contributed by atoms with van der Waals surface area (Å²) in [5.41, 5.74) is 3.48. The zero-order valence-electron chi connectivity index (χ0n) is 26.9. The molecular weight excluding hydrogens is 568 g/mol. The molecule has 9 heteroatoms. The van der Waals surface area contributed by atoms with Crippen molar-refractivity contribution in [1.82, 2.24) is 9.55 Å². The number of pyridine rings is 2. The summed E-state index contributed by atoms with van der Waals surface area (Å²) in [6, 6.07) is 16.3. The second kappa shape index (κ2) is 13.8. The number of nitrogens with zero attached hydrogens (tertiary/aromatic N) is 2. The highest BCUT2D eigenvalue weighted by Crippen LogP contribution is 2.37. The number of aryl methyl sites for hydroxylation is 1. The number of ether oxygens (including phenoxy) is 2. The largest absolute Gasteiger partial charge is 0.497 e. The number of benzene rings is 2. The van der Waals surface area contributed by atoms with Gasteiger partial charge in [-0.2, -0.15) is 0 Å². The highest BCUT2D eigenvalue weighted by atomic mass is 16.5. The van der Waals surface area contributed by atoms with E-state index in [2.05, 4.69) is 43.3 Å². The summed E-state index contributed by atoms with van der Waals surface area (Å²) in [5.74, 6) is 0.627. The van der Waals surface area contributed by atoms with Gasteiger partial charge in [0, 0.05) is 36.0 Å². The van der Waals surface area contributed by atoms with E-state index in [0.29, 0.717) is 41.4 Å². The molecule has 4 aromatic rings. The Labute approximate surface area is 264 Å². The number of hydrogen-bond donors (Lipinski definition) is 3. The van der Waals surface area contributed by atoms with Crippen molar-refractivity contribution in [3.05, 3.63) is 82.3 Å². The van der Waals surface area contributed by atoms with Crippen LogP contribution in [0, 0.1) is 0 Å². The van der Waals surface area contributed by atoms with Gasteiger partial charge < -0.3 is 25.2 Å². The van der Waals surface area contributed by atoms with Crippen LogP contribution in [0.5, 0.6) is 5.75 Å². The summed E-state index contributed by atoms with van der Waals surface area (Å²) < 4.78 is 13.0. The topological polar surface area (TPSA) is 115 Å². The number of carbonyl (C=O) groups excluding carboxylic acids is 1. The molecular formula is C36H44N4O5. The Bertz CT molecular complexity index is 1720. The van der Waals surface area contributed by atoms with Crippen LogP contribution in [0.15, 0.2) is 65.6 Å². The second-order valence-corrected chi connectivity index (χ2v) is 12.7. The summed E-state index contributed by atoms with van der Waals surface area (Å²) in [7, 11) is 1.59. The highest BCUT2D eigenvalue weighted by Gasteiger charge is 2.27. The molecule has 1 saturated heterocycles. The molecule has 2 atom stereocenters. The molecule has 45 heavy (non-hydrogen) atoms. The molecule has 1 aliphatic rings. The van der Waals surface area contributed by atoms with Gasteiger partial charge in [0.05, 0.1) is 13.2 Å². The lowest BCUT2D eigenvalue weighted by molar-refractivity contribution is -0.0633. The van der Waals surface area contributed by atoms with Gasteiger partial charge in [-0.25, -0.2) is 9.78 Å². The quantitative estimate of drug-likeness (QED) is 0.181.